The van der Waals surface area contributed by atoms with Crippen LogP contribution < -0.4 is 5.32 Å². The molecular formula is C42H79NO5. The van der Waals surface area contributed by atoms with Gasteiger partial charge in [0.2, 0.25) is 5.91 Å². The summed E-state index contributed by atoms with van der Waals surface area (Å²) in [5.74, 6) is -0.605. The Kier molecular flexibility index (Phi) is 35.7. The highest BCUT2D eigenvalue weighted by Crippen LogP contribution is 2.14. The predicted molar refractivity (Wildman–Crippen MR) is 205 cm³/mol. The van der Waals surface area contributed by atoms with Crippen molar-refractivity contribution in [3.8, 4) is 0 Å². The first-order chi connectivity index (χ1) is 23.5. The van der Waals surface area contributed by atoms with Gasteiger partial charge in [0.25, 0.3) is 0 Å². The zero-order valence-corrected chi connectivity index (χ0v) is 31.5. The summed E-state index contributed by atoms with van der Waals surface area (Å²) in [5, 5.41) is 43.4. The second kappa shape index (κ2) is 36.8. The van der Waals surface area contributed by atoms with Crippen LogP contribution in [0.4, 0.5) is 0 Å². The van der Waals surface area contributed by atoms with Crippen LogP contribution in [-0.2, 0) is 4.79 Å². The fraction of sp³-hybridized carbons (Fsp3) is 0.833. The normalized spacial score (nSPS) is 14.7. The molecule has 0 aromatic heterocycles. The topological polar surface area (TPSA) is 110 Å². The van der Waals surface area contributed by atoms with Gasteiger partial charge in [-0.2, -0.15) is 0 Å². The molecule has 0 aliphatic carbocycles. The summed E-state index contributed by atoms with van der Waals surface area (Å²) in [7, 11) is 0. The quantitative estimate of drug-likeness (QED) is 0.0335. The van der Waals surface area contributed by atoms with Crippen LogP contribution in [0.25, 0.3) is 0 Å². The number of allylic oxidation sites excluding steroid dienone is 6. The Bertz CT molecular complexity index is 767. The van der Waals surface area contributed by atoms with Gasteiger partial charge in [-0.05, 0) is 70.6 Å². The highest BCUT2D eigenvalue weighted by Gasteiger charge is 2.28. The van der Waals surface area contributed by atoms with Gasteiger partial charge in [0.1, 0.15) is 12.2 Å². The van der Waals surface area contributed by atoms with Crippen LogP contribution >= 0.6 is 0 Å². The maximum Gasteiger partial charge on any atom is 0.249 e. The van der Waals surface area contributed by atoms with E-state index in [9.17, 15) is 25.2 Å². The first-order valence-electron chi connectivity index (χ1n) is 20.4. The number of rotatable bonds is 36. The molecule has 282 valence electrons. The smallest absolute Gasteiger partial charge is 0.249 e. The SMILES string of the molecule is CCCC/C=C/CC/C=C/CCCC(O)C(O)C(CO)NC(=O)C(O)CCCCCCCC/C=C\CCCCCCCCCCCCC. The van der Waals surface area contributed by atoms with Gasteiger partial charge in [0.15, 0.2) is 0 Å². The summed E-state index contributed by atoms with van der Waals surface area (Å²) < 4.78 is 0. The van der Waals surface area contributed by atoms with Gasteiger partial charge < -0.3 is 25.7 Å². The predicted octanol–water partition coefficient (Wildman–Crippen LogP) is 10.2. The molecule has 0 aromatic rings. The minimum absolute atomic E-state index is 0.352. The Morgan fingerprint density at radius 1 is 0.500 bits per heavy atom. The number of hydrogen-bond acceptors (Lipinski definition) is 5. The van der Waals surface area contributed by atoms with Gasteiger partial charge in [-0.15, -0.1) is 0 Å². The maximum atomic E-state index is 12.5. The Morgan fingerprint density at radius 3 is 1.38 bits per heavy atom. The Balaban J connectivity index is 3.78. The average molecular weight is 678 g/mol. The van der Waals surface area contributed by atoms with E-state index < -0.39 is 36.9 Å². The molecular weight excluding hydrogens is 598 g/mol. The number of carbonyl (C=O) groups is 1. The van der Waals surface area contributed by atoms with Crippen LogP contribution in [-0.4, -0.2) is 57.3 Å². The molecule has 0 spiro atoms. The zero-order valence-electron chi connectivity index (χ0n) is 31.5. The molecule has 4 unspecified atom stereocenters. The van der Waals surface area contributed by atoms with E-state index in [1.807, 2.05) is 0 Å². The Morgan fingerprint density at radius 2 is 0.896 bits per heavy atom. The van der Waals surface area contributed by atoms with Gasteiger partial charge in [0, 0.05) is 0 Å². The molecule has 0 rings (SSSR count). The van der Waals surface area contributed by atoms with Crippen molar-refractivity contribution in [1.29, 1.82) is 0 Å². The first kappa shape index (κ1) is 46.5. The molecule has 0 saturated heterocycles. The van der Waals surface area contributed by atoms with Crippen molar-refractivity contribution in [2.75, 3.05) is 6.61 Å². The summed E-state index contributed by atoms with van der Waals surface area (Å²) in [6.07, 6.45) is 41.8. The molecule has 5 N–H and O–H groups in total. The Labute approximate surface area is 297 Å². The van der Waals surface area contributed by atoms with Crippen LogP contribution in [0.1, 0.15) is 194 Å². The number of amides is 1. The lowest BCUT2D eigenvalue weighted by Gasteiger charge is -2.27. The largest absolute Gasteiger partial charge is 0.394 e. The number of aliphatic hydroxyl groups excluding tert-OH is 4. The van der Waals surface area contributed by atoms with Gasteiger partial charge >= 0.3 is 0 Å². The van der Waals surface area contributed by atoms with Crippen LogP contribution in [0.15, 0.2) is 36.5 Å². The minimum Gasteiger partial charge on any atom is -0.394 e. The Hall–Kier alpha value is -1.47. The van der Waals surface area contributed by atoms with Crippen molar-refractivity contribution in [3.05, 3.63) is 36.5 Å². The van der Waals surface area contributed by atoms with Gasteiger partial charge in [-0.25, -0.2) is 0 Å². The standard InChI is InChI=1S/C42H79NO5/c1-3-5-7-9-11-13-15-16-17-18-19-20-21-22-23-24-26-28-30-32-34-36-40(46)42(48)43-38(37-44)41(47)39(45)35-33-31-29-27-25-14-12-10-8-6-4-2/h10,12,21-22,27,29,38-41,44-47H,3-9,11,13-20,23-26,28,30-37H2,1-2H3,(H,43,48)/b12-10+,22-21-,29-27+. The molecule has 48 heavy (non-hydrogen) atoms. The summed E-state index contributed by atoms with van der Waals surface area (Å²) in [6.45, 7) is 3.97. The van der Waals surface area contributed by atoms with E-state index in [2.05, 4.69) is 55.6 Å². The van der Waals surface area contributed by atoms with E-state index in [1.165, 1.54) is 103 Å². The minimum atomic E-state index is -1.29. The third kappa shape index (κ3) is 30.6. The van der Waals surface area contributed by atoms with E-state index in [0.29, 0.717) is 19.3 Å². The van der Waals surface area contributed by atoms with E-state index >= 15 is 0 Å². The third-order valence-electron chi connectivity index (χ3n) is 9.30. The molecule has 0 saturated carbocycles. The van der Waals surface area contributed by atoms with Crippen molar-refractivity contribution in [3.63, 3.8) is 0 Å². The molecule has 6 heteroatoms. The molecule has 1 amide bonds. The van der Waals surface area contributed by atoms with Crippen molar-refractivity contribution in [1.82, 2.24) is 5.32 Å². The van der Waals surface area contributed by atoms with Gasteiger partial charge in [0.05, 0.1) is 18.8 Å². The first-order valence-corrected chi connectivity index (χ1v) is 20.4. The number of aliphatic hydroxyl groups is 4. The summed E-state index contributed by atoms with van der Waals surface area (Å²) in [4.78, 5) is 12.5. The molecule has 0 heterocycles. The van der Waals surface area contributed by atoms with Crippen molar-refractivity contribution in [2.45, 2.75) is 218 Å². The summed E-state index contributed by atoms with van der Waals surface area (Å²) >= 11 is 0. The second-order valence-corrected chi connectivity index (χ2v) is 14.0. The number of unbranched alkanes of at least 4 members (excludes halogenated alkanes) is 21. The van der Waals surface area contributed by atoms with E-state index in [0.717, 1.165) is 57.8 Å². The van der Waals surface area contributed by atoms with Crippen molar-refractivity contribution >= 4 is 5.91 Å². The van der Waals surface area contributed by atoms with E-state index in [4.69, 9.17) is 0 Å². The summed E-state index contributed by atoms with van der Waals surface area (Å²) in [5.41, 5.74) is 0. The van der Waals surface area contributed by atoms with Gasteiger partial charge in [-0.3, -0.25) is 4.79 Å². The number of hydrogen-bond donors (Lipinski definition) is 5. The van der Waals surface area contributed by atoms with E-state index in [1.54, 1.807) is 0 Å². The lowest BCUT2D eigenvalue weighted by atomic mass is 10.00. The van der Waals surface area contributed by atoms with Crippen molar-refractivity contribution in [2.24, 2.45) is 0 Å². The lowest BCUT2D eigenvalue weighted by molar-refractivity contribution is -0.132. The molecule has 0 bridgehead atoms. The van der Waals surface area contributed by atoms with Crippen LogP contribution in [0.3, 0.4) is 0 Å². The van der Waals surface area contributed by atoms with Crippen LogP contribution in [0.2, 0.25) is 0 Å². The summed E-state index contributed by atoms with van der Waals surface area (Å²) in [6, 6.07) is -1.01. The molecule has 0 aromatic carbocycles. The lowest BCUT2D eigenvalue weighted by Crippen LogP contribution is -2.53. The molecule has 0 fully saturated rings. The second-order valence-electron chi connectivity index (χ2n) is 14.0. The molecule has 0 aliphatic heterocycles. The fourth-order valence-corrected chi connectivity index (χ4v) is 5.99. The highest BCUT2D eigenvalue weighted by atomic mass is 16.3. The maximum absolute atomic E-state index is 12.5. The fourth-order valence-electron chi connectivity index (χ4n) is 5.99. The van der Waals surface area contributed by atoms with Crippen LogP contribution in [0, 0.1) is 0 Å². The monoisotopic (exact) mass is 678 g/mol. The highest BCUT2D eigenvalue weighted by molar-refractivity contribution is 5.80. The van der Waals surface area contributed by atoms with Gasteiger partial charge in [-0.1, -0.05) is 159 Å². The third-order valence-corrected chi connectivity index (χ3v) is 9.30. The molecule has 0 aliphatic rings. The average Bonchev–Trinajstić information content (AvgIpc) is 3.09. The number of carbonyl (C=O) groups excluding carboxylic acids is 1. The molecule has 0 radical (unpaired) electrons. The molecule has 4 atom stereocenters. The van der Waals surface area contributed by atoms with Crippen molar-refractivity contribution < 1.29 is 25.2 Å². The molecule has 6 nitrogen and oxygen atoms in total. The van der Waals surface area contributed by atoms with E-state index in [-0.39, 0.29) is 0 Å². The number of nitrogens with one attached hydrogen (secondary N) is 1. The van der Waals surface area contributed by atoms with Crippen LogP contribution in [0.5, 0.6) is 0 Å². The zero-order chi connectivity index (χ0) is 35.3.